The van der Waals surface area contributed by atoms with Gasteiger partial charge in [-0.05, 0) is 51.5 Å². The lowest BCUT2D eigenvalue weighted by Gasteiger charge is -2.21. The predicted octanol–water partition coefficient (Wildman–Crippen LogP) is 2.83. The SMILES string of the molecule is Cc1cc(Br)ccc1S(=O)(=O)NC(C)(C)C. The van der Waals surface area contributed by atoms with Crippen LogP contribution in [0, 0.1) is 6.92 Å². The van der Waals surface area contributed by atoms with Gasteiger partial charge in [-0.2, -0.15) is 0 Å². The van der Waals surface area contributed by atoms with Crippen molar-refractivity contribution in [3.63, 3.8) is 0 Å². The maximum absolute atomic E-state index is 12.1. The Morgan fingerprint density at radius 2 is 1.81 bits per heavy atom. The molecule has 0 unspecified atom stereocenters. The Hall–Kier alpha value is -0.390. The molecule has 1 aromatic rings. The predicted molar refractivity (Wildman–Crippen MR) is 69.0 cm³/mol. The van der Waals surface area contributed by atoms with E-state index in [9.17, 15) is 8.42 Å². The van der Waals surface area contributed by atoms with Crippen LogP contribution < -0.4 is 4.72 Å². The van der Waals surface area contributed by atoms with Gasteiger partial charge in [0.25, 0.3) is 0 Å². The zero-order valence-electron chi connectivity index (χ0n) is 9.83. The topological polar surface area (TPSA) is 46.2 Å². The van der Waals surface area contributed by atoms with Crippen molar-refractivity contribution in [1.82, 2.24) is 4.72 Å². The van der Waals surface area contributed by atoms with Crippen LogP contribution >= 0.6 is 15.9 Å². The zero-order valence-corrected chi connectivity index (χ0v) is 12.2. The van der Waals surface area contributed by atoms with Gasteiger partial charge in [-0.3, -0.25) is 0 Å². The molecule has 3 nitrogen and oxygen atoms in total. The van der Waals surface area contributed by atoms with Crippen molar-refractivity contribution >= 4 is 26.0 Å². The highest BCUT2D eigenvalue weighted by Gasteiger charge is 2.23. The number of rotatable bonds is 2. The highest BCUT2D eigenvalue weighted by molar-refractivity contribution is 9.10. The zero-order chi connectivity index (χ0) is 12.6. The van der Waals surface area contributed by atoms with E-state index in [4.69, 9.17) is 0 Å². The van der Waals surface area contributed by atoms with E-state index in [1.807, 2.05) is 20.8 Å². The van der Waals surface area contributed by atoms with Gasteiger partial charge in [0.1, 0.15) is 0 Å². The summed E-state index contributed by atoms with van der Waals surface area (Å²) in [5.41, 5.74) is 0.254. The van der Waals surface area contributed by atoms with Crippen LogP contribution in [-0.4, -0.2) is 14.0 Å². The second-order valence-corrected chi connectivity index (χ2v) is 7.33. The van der Waals surface area contributed by atoms with Gasteiger partial charge in [-0.1, -0.05) is 15.9 Å². The molecule has 16 heavy (non-hydrogen) atoms. The minimum Gasteiger partial charge on any atom is -0.207 e. The van der Waals surface area contributed by atoms with Gasteiger partial charge in [0, 0.05) is 10.0 Å². The Kier molecular flexibility index (Phi) is 3.82. The quantitative estimate of drug-likeness (QED) is 0.913. The van der Waals surface area contributed by atoms with Crippen LogP contribution in [-0.2, 0) is 10.0 Å². The summed E-state index contributed by atoms with van der Waals surface area (Å²) in [4.78, 5) is 0.325. The highest BCUT2D eigenvalue weighted by Crippen LogP contribution is 2.21. The molecule has 0 aliphatic carbocycles. The van der Waals surface area contributed by atoms with Crippen molar-refractivity contribution in [2.45, 2.75) is 38.1 Å². The van der Waals surface area contributed by atoms with Crippen molar-refractivity contribution in [3.05, 3.63) is 28.2 Å². The first-order valence-corrected chi connectivity index (χ1v) is 7.19. The average molecular weight is 306 g/mol. The summed E-state index contributed by atoms with van der Waals surface area (Å²) in [6.07, 6.45) is 0. The molecular weight excluding hydrogens is 290 g/mol. The van der Waals surface area contributed by atoms with Crippen LogP contribution in [0.25, 0.3) is 0 Å². The van der Waals surface area contributed by atoms with Crippen LogP contribution in [0.4, 0.5) is 0 Å². The third-order valence-electron chi connectivity index (χ3n) is 1.87. The van der Waals surface area contributed by atoms with Crippen molar-refractivity contribution < 1.29 is 8.42 Å². The highest BCUT2D eigenvalue weighted by atomic mass is 79.9. The lowest BCUT2D eigenvalue weighted by Crippen LogP contribution is -2.40. The summed E-state index contributed by atoms with van der Waals surface area (Å²) < 4.78 is 27.6. The molecule has 0 aliphatic heterocycles. The van der Waals surface area contributed by atoms with E-state index in [1.165, 1.54) is 0 Å². The van der Waals surface area contributed by atoms with Gasteiger partial charge in [-0.25, -0.2) is 13.1 Å². The van der Waals surface area contributed by atoms with E-state index in [-0.39, 0.29) is 0 Å². The van der Waals surface area contributed by atoms with Crippen LogP contribution in [0.2, 0.25) is 0 Å². The number of nitrogens with one attached hydrogen (secondary N) is 1. The molecule has 0 heterocycles. The molecule has 0 amide bonds. The third kappa shape index (κ3) is 3.57. The molecule has 0 aromatic heterocycles. The molecule has 90 valence electrons. The fourth-order valence-electron chi connectivity index (χ4n) is 1.37. The summed E-state index contributed by atoms with van der Waals surface area (Å²) in [6.45, 7) is 7.23. The summed E-state index contributed by atoms with van der Waals surface area (Å²) >= 11 is 3.31. The summed E-state index contributed by atoms with van der Waals surface area (Å²) in [7, 11) is -3.44. The largest absolute Gasteiger partial charge is 0.241 e. The first-order valence-electron chi connectivity index (χ1n) is 4.92. The first-order chi connectivity index (χ1) is 7.12. The van der Waals surface area contributed by atoms with Crippen molar-refractivity contribution in [2.75, 3.05) is 0 Å². The number of hydrogen-bond acceptors (Lipinski definition) is 2. The van der Waals surface area contributed by atoms with E-state index in [2.05, 4.69) is 20.7 Å². The van der Waals surface area contributed by atoms with Crippen molar-refractivity contribution in [3.8, 4) is 0 Å². The van der Waals surface area contributed by atoms with Gasteiger partial charge in [0.15, 0.2) is 0 Å². The molecule has 0 radical (unpaired) electrons. The minimum absolute atomic E-state index is 0.325. The van der Waals surface area contributed by atoms with E-state index >= 15 is 0 Å². The first kappa shape index (κ1) is 13.7. The number of hydrogen-bond donors (Lipinski definition) is 1. The molecular formula is C11H16BrNO2S. The van der Waals surface area contributed by atoms with Crippen molar-refractivity contribution in [1.29, 1.82) is 0 Å². The Balaban J connectivity index is 3.18. The number of aryl methyl sites for hydroxylation is 1. The monoisotopic (exact) mass is 305 g/mol. The number of benzene rings is 1. The fourth-order valence-corrected chi connectivity index (χ4v) is 3.49. The third-order valence-corrected chi connectivity index (χ3v) is 4.28. The molecule has 0 saturated carbocycles. The Bertz CT molecular complexity index is 489. The molecule has 1 rings (SSSR count). The Morgan fingerprint density at radius 1 is 1.25 bits per heavy atom. The summed E-state index contributed by atoms with van der Waals surface area (Å²) in [5.74, 6) is 0. The second kappa shape index (κ2) is 4.47. The van der Waals surface area contributed by atoms with Gasteiger partial charge >= 0.3 is 0 Å². The second-order valence-electron chi connectivity index (χ2n) is 4.77. The van der Waals surface area contributed by atoms with Gasteiger partial charge in [0.05, 0.1) is 4.90 Å². The maximum atomic E-state index is 12.1. The lowest BCUT2D eigenvalue weighted by atomic mass is 10.1. The molecule has 0 atom stereocenters. The smallest absolute Gasteiger partial charge is 0.207 e. The van der Waals surface area contributed by atoms with Crippen LogP contribution in [0.1, 0.15) is 26.3 Å². The van der Waals surface area contributed by atoms with E-state index in [1.54, 1.807) is 25.1 Å². The molecule has 1 N–H and O–H groups in total. The van der Waals surface area contributed by atoms with E-state index in [0.717, 1.165) is 10.0 Å². The summed E-state index contributed by atoms with van der Waals surface area (Å²) in [6, 6.07) is 5.12. The normalized spacial score (nSPS) is 12.8. The molecule has 0 spiro atoms. The Morgan fingerprint density at radius 3 is 2.25 bits per heavy atom. The summed E-state index contributed by atoms with van der Waals surface area (Å²) in [5, 5.41) is 0. The number of halogens is 1. The molecule has 0 fully saturated rings. The van der Waals surface area contributed by atoms with Crippen molar-refractivity contribution in [2.24, 2.45) is 0 Å². The van der Waals surface area contributed by atoms with Crippen LogP contribution in [0.5, 0.6) is 0 Å². The van der Waals surface area contributed by atoms with E-state index in [0.29, 0.717) is 4.90 Å². The Labute approximate surface area is 105 Å². The molecule has 5 heteroatoms. The molecule has 0 saturated heterocycles. The average Bonchev–Trinajstić information content (AvgIpc) is 1.97. The standard InChI is InChI=1S/C11H16BrNO2S/c1-8-7-9(12)5-6-10(8)16(14,15)13-11(2,3)4/h5-7,13H,1-4H3. The van der Waals surface area contributed by atoms with E-state index < -0.39 is 15.6 Å². The van der Waals surface area contributed by atoms with Gasteiger partial charge in [0.2, 0.25) is 10.0 Å². The van der Waals surface area contributed by atoms with Crippen LogP contribution in [0.15, 0.2) is 27.6 Å². The maximum Gasteiger partial charge on any atom is 0.241 e. The van der Waals surface area contributed by atoms with Gasteiger partial charge < -0.3 is 0 Å². The fraction of sp³-hybridized carbons (Fsp3) is 0.455. The van der Waals surface area contributed by atoms with Crippen LogP contribution in [0.3, 0.4) is 0 Å². The lowest BCUT2D eigenvalue weighted by molar-refractivity contribution is 0.491. The molecule has 0 aliphatic rings. The minimum atomic E-state index is -3.44. The molecule has 1 aromatic carbocycles. The molecule has 0 bridgehead atoms. The number of sulfonamides is 1. The van der Waals surface area contributed by atoms with Gasteiger partial charge in [-0.15, -0.1) is 0 Å².